The van der Waals surface area contributed by atoms with E-state index in [0.29, 0.717) is 5.69 Å². The molecular formula is C20H18N2O4. The Labute approximate surface area is 150 Å². The molecule has 3 aliphatic carbocycles. The van der Waals surface area contributed by atoms with E-state index in [1.165, 1.54) is 28.7 Å². The summed E-state index contributed by atoms with van der Waals surface area (Å²) in [5.74, 6) is -0.634. The molecule has 1 aromatic rings. The van der Waals surface area contributed by atoms with Gasteiger partial charge in [0.15, 0.2) is 0 Å². The predicted octanol–water partition coefficient (Wildman–Crippen LogP) is 3.24. The Kier molecular flexibility index (Phi) is 3.20. The number of imide groups is 1. The van der Waals surface area contributed by atoms with Crippen molar-refractivity contribution in [1.29, 1.82) is 0 Å². The zero-order chi connectivity index (χ0) is 18.0. The number of carbonyl (C=O) groups excluding carboxylic acids is 2. The van der Waals surface area contributed by atoms with Crippen molar-refractivity contribution in [3.05, 3.63) is 58.2 Å². The third-order valence-electron chi connectivity index (χ3n) is 6.42. The number of benzene rings is 1. The molecule has 1 saturated heterocycles. The largest absolute Gasteiger partial charge is 0.274 e. The Morgan fingerprint density at radius 1 is 1.04 bits per heavy atom. The van der Waals surface area contributed by atoms with E-state index in [4.69, 9.17) is 0 Å². The first-order valence-corrected chi connectivity index (χ1v) is 9.07. The summed E-state index contributed by atoms with van der Waals surface area (Å²) in [6.45, 7) is 0. The van der Waals surface area contributed by atoms with Crippen LogP contribution in [-0.2, 0) is 9.59 Å². The fraction of sp³-hybridized carbons (Fsp3) is 0.400. The number of nitro groups is 1. The quantitative estimate of drug-likeness (QED) is 0.363. The zero-order valence-electron chi connectivity index (χ0n) is 14.1. The average molecular weight is 350 g/mol. The predicted molar refractivity (Wildman–Crippen MR) is 94.1 cm³/mol. The SMILES string of the molecule is O=C1[C@@H]2[C@H](C(=O)N1c1cccc([N+](=O)[O-])c1)[C@H]1C=C[C@H]2C1C1=CCCC1. The van der Waals surface area contributed by atoms with Crippen molar-refractivity contribution in [3.8, 4) is 0 Å². The molecule has 2 bridgehead atoms. The van der Waals surface area contributed by atoms with Crippen LogP contribution in [0.2, 0.25) is 0 Å². The molecule has 1 unspecified atom stereocenters. The Hall–Kier alpha value is -2.76. The first kappa shape index (κ1) is 15.5. The number of nitro benzene ring substituents is 1. The van der Waals surface area contributed by atoms with Gasteiger partial charge in [0.2, 0.25) is 11.8 Å². The molecule has 1 heterocycles. The summed E-state index contributed by atoms with van der Waals surface area (Å²) in [5, 5.41) is 11.0. The number of anilines is 1. The first-order chi connectivity index (χ1) is 12.6. The highest BCUT2D eigenvalue weighted by Gasteiger charge is 2.64. The van der Waals surface area contributed by atoms with Crippen LogP contribution in [0.5, 0.6) is 0 Å². The van der Waals surface area contributed by atoms with E-state index >= 15 is 0 Å². The van der Waals surface area contributed by atoms with E-state index < -0.39 is 4.92 Å². The van der Waals surface area contributed by atoms with E-state index in [1.54, 1.807) is 6.07 Å². The van der Waals surface area contributed by atoms with Gasteiger partial charge >= 0.3 is 0 Å². The molecule has 2 amide bonds. The lowest BCUT2D eigenvalue weighted by Crippen LogP contribution is -2.34. The van der Waals surface area contributed by atoms with E-state index in [-0.39, 0.29) is 47.1 Å². The van der Waals surface area contributed by atoms with Gasteiger partial charge in [-0.3, -0.25) is 19.7 Å². The number of non-ortho nitro benzene ring substituents is 1. The van der Waals surface area contributed by atoms with Crippen molar-refractivity contribution >= 4 is 23.2 Å². The van der Waals surface area contributed by atoms with Crippen LogP contribution in [0.4, 0.5) is 11.4 Å². The van der Waals surface area contributed by atoms with Gasteiger partial charge in [0.25, 0.3) is 5.69 Å². The van der Waals surface area contributed by atoms with Crippen molar-refractivity contribution in [2.75, 3.05) is 4.90 Å². The number of allylic oxidation sites excluding steroid dienone is 4. The van der Waals surface area contributed by atoms with Crippen molar-refractivity contribution in [2.24, 2.45) is 29.6 Å². The topological polar surface area (TPSA) is 80.5 Å². The highest BCUT2D eigenvalue weighted by atomic mass is 16.6. The van der Waals surface area contributed by atoms with Crippen LogP contribution in [-0.4, -0.2) is 16.7 Å². The molecule has 6 heteroatoms. The summed E-state index contributed by atoms with van der Waals surface area (Å²) < 4.78 is 0. The molecule has 0 spiro atoms. The molecule has 5 atom stereocenters. The van der Waals surface area contributed by atoms with E-state index in [2.05, 4.69) is 18.2 Å². The molecular weight excluding hydrogens is 332 g/mol. The lowest BCUT2D eigenvalue weighted by atomic mass is 9.85. The van der Waals surface area contributed by atoms with Gasteiger partial charge in [-0.25, -0.2) is 4.90 Å². The first-order valence-electron chi connectivity index (χ1n) is 9.07. The number of hydrogen-bond donors (Lipinski definition) is 0. The van der Waals surface area contributed by atoms with E-state index in [9.17, 15) is 19.7 Å². The molecule has 26 heavy (non-hydrogen) atoms. The van der Waals surface area contributed by atoms with Gasteiger partial charge in [0.05, 0.1) is 22.4 Å². The number of hydrogen-bond acceptors (Lipinski definition) is 4. The van der Waals surface area contributed by atoms with Gasteiger partial charge < -0.3 is 0 Å². The van der Waals surface area contributed by atoms with Gasteiger partial charge in [0.1, 0.15) is 0 Å². The minimum absolute atomic E-state index is 0.0782. The fourth-order valence-electron chi connectivity index (χ4n) is 5.45. The number of carbonyl (C=O) groups is 2. The van der Waals surface area contributed by atoms with Gasteiger partial charge in [-0.1, -0.05) is 29.9 Å². The summed E-state index contributed by atoms with van der Waals surface area (Å²) in [4.78, 5) is 37.9. The molecule has 1 aliphatic heterocycles. The Balaban J connectivity index is 1.50. The summed E-state index contributed by atoms with van der Waals surface area (Å²) in [7, 11) is 0. The molecule has 6 nitrogen and oxygen atoms in total. The van der Waals surface area contributed by atoms with Crippen molar-refractivity contribution in [1.82, 2.24) is 0 Å². The number of nitrogens with zero attached hydrogens (tertiary/aromatic N) is 2. The zero-order valence-corrected chi connectivity index (χ0v) is 14.1. The van der Waals surface area contributed by atoms with Crippen molar-refractivity contribution in [2.45, 2.75) is 19.3 Å². The molecule has 0 radical (unpaired) electrons. The molecule has 2 fully saturated rings. The van der Waals surface area contributed by atoms with Crippen LogP contribution < -0.4 is 4.90 Å². The Morgan fingerprint density at radius 3 is 2.31 bits per heavy atom. The second-order valence-corrected chi connectivity index (χ2v) is 7.58. The normalized spacial score (nSPS) is 34.5. The number of fused-ring (bicyclic) bond motifs is 5. The van der Waals surface area contributed by atoms with Crippen LogP contribution in [0.3, 0.4) is 0 Å². The van der Waals surface area contributed by atoms with Gasteiger partial charge in [0, 0.05) is 12.1 Å². The maximum absolute atomic E-state index is 13.1. The van der Waals surface area contributed by atoms with E-state index in [1.807, 2.05) is 0 Å². The second kappa shape index (κ2) is 5.37. The number of amides is 2. The van der Waals surface area contributed by atoms with Crippen LogP contribution in [0.25, 0.3) is 0 Å². The third-order valence-corrected chi connectivity index (χ3v) is 6.42. The minimum Gasteiger partial charge on any atom is -0.274 e. The monoisotopic (exact) mass is 350 g/mol. The summed E-state index contributed by atoms with van der Waals surface area (Å²) >= 11 is 0. The standard InChI is InChI=1S/C20H18N2O4/c23-19-17-14-8-9-15(16(14)11-4-1-2-5-11)18(17)20(24)21(19)12-6-3-7-13(10-12)22(25)26/h3-4,6-10,14-18H,1-2,5H2/t14-,15-,16?,17-,18+/m0/s1. The molecule has 132 valence electrons. The summed E-state index contributed by atoms with van der Waals surface area (Å²) in [6.07, 6.45) is 9.81. The molecule has 1 saturated carbocycles. The van der Waals surface area contributed by atoms with Gasteiger partial charge in [-0.15, -0.1) is 0 Å². The number of rotatable bonds is 3. The van der Waals surface area contributed by atoms with Crippen molar-refractivity contribution < 1.29 is 14.5 Å². The fourth-order valence-corrected chi connectivity index (χ4v) is 5.45. The Bertz CT molecular complexity index is 871. The van der Waals surface area contributed by atoms with Gasteiger partial charge in [-0.05, 0) is 43.1 Å². The third kappa shape index (κ3) is 1.92. The highest BCUT2D eigenvalue weighted by molar-refractivity contribution is 6.23. The van der Waals surface area contributed by atoms with Crippen LogP contribution in [0.1, 0.15) is 19.3 Å². The lowest BCUT2D eigenvalue weighted by Gasteiger charge is -2.23. The Morgan fingerprint density at radius 2 is 1.73 bits per heavy atom. The molecule has 1 aromatic carbocycles. The molecule has 5 rings (SSSR count). The minimum atomic E-state index is -0.511. The maximum Gasteiger partial charge on any atom is 0.271 e. The van der Waals surface area contributed by atoms with Crippen LogP contribution in [0.15, 0.2) is 48.1 Å². The second-order valence-electron chi connectivity index (χ2n) is 7.58. The maximum atomic E-state index is 13.1. The summed E-state index contributed by atoms with van der Waals surface area (Å²) in [6, 6.07) is 5.78. The van der Waals surface area contributed by atoms with E-state index in [0.717, 1.165) is 19.3 Å². The highest BCUT2D eigenvalue weighted by Crippen LogP contribution is 2.59. The smallest absolute Gasteiger partial charge is 0.271 e. The van der Waals surface area contributed by atoms with Crippen LogP contribution in [0, 0.1) is 39.7 Å². The molecule has 0 N–H and O–H groups in total. The average Bonchev–Trinajstić information content (AvgIpc) is 3.38. The van der Waals surface area contributed by atoms with Crippen LogP contribution >= 0.6 is 0 Å². The lowest BCUT2D eigenvalue weighted by molar-refractivity contribution is -0.384. The molecule has 0 aromatic heterocycles. The van der Waals surface area contributed by atoms with Crippen molar-refractivity contribution in [3.63, 3.8) is 0 Å². The van der Waals surface area contributed by atoms with Gasteiger partial charge in [-0.2, -0.15) is 0 Å². The molecule has 4 aliphatic rings. The summed E-state index contributed by atoms with van der Waals surface area (Å²) in [5.41, 5.74) is 1.59.